The van der Waals surface area contributed by atoms with E-state index in [1.165, 1.54) is 11.1 Å². The van der Waals surface area contributed by atoms with Crippen molar-refractivity contribution in [2.75, 3.05) is 0 Å². The first-order chi connectivity index (χ1) is 20.4. The van der Waals surface area contributed by atoms with E-state index in [-0.39, 0.29) is 0 Å². The molecule has 0 unspecified atom stereocenters. The van der Waals surface area contributed by atoms with Crippen molar-refractivity contribution in [3.63, 3.8) is 0 Å². The molecule has 0 saturated heterocycles. The second kappa shape index (κ2) is 19.8. The monoisotopic (exact) mass is 1020 g/mol. The Kier molecular flexibility index (Phi) is 16.6. The number of hydrogen-bond donors (Lipinski definition) is 1. The number of halogens is 5. The predicted molar refractivity (Wildman–Crippen MR) is 206 cm³/mol. The van der Waals surface area contributed by atoms with E-state index in [9.17, 15) is 0 Å². The van der Waals surface area contributed by atoms with E-state index in [0.717, 1.165) is 44.0 Å². The van der Waals surface area contributed by atoms with Gasteiger partial charge < -0.3 is 14.6 Å². The topological polar surface area (TPSA) is 38.7 Å². The van der Waals surface area contributed by atoms with Crippen molar-refractivity contribution in [1.82, 2.24) is 0 Å². The van der Waals surface area contributed by atoms with Crippen molar-refractivity contribution < 1.29 is 14.6 Å². The Morgan fingerprint density at radius 2 is 0.786 bits per heavy atom. The molecule has 0 bridgehead atoms. The average Bonchev–Trinajstić information content (AvgIpc) is 3.03. The molecule has 0 aromatic heterocycles. The van der Waals surface area contributed by atoms with Crippen molar-refractivity contribution in [3.8, 4) is 17.2 Å². The average molecular weight is 1030 g/mol. The zero-order chi connectivity index (χ0) is 30.2. The summed E-state index contributed by atoms with van der Waals surface area (Å²) in [4.78, 5) is 0. The molecule has 0 radical (unpaired) electrons. The lowest BCUT2D eigenvalue weighted by Gasteiger charge is -2.13. The lowest BCUT2D eigenvalue weighted by atomic mass is 10.1. The van der Waals surface area contributed by atoms with E-state index < -0.39 is 0 Å². The Balaban J connectivity index is 0.000000219. The number of hydrogen-bond acceptors (Lipinski definition) is 3. The van der Waals surface area contributed by atoms with E-state index in [1.54, 1.807) is 12.1 Å². The molecule has 5 aromatic rings. The first-order valence-electron chi connectivity index (χ1n) is 12.9. The van der Waals surface area contributed by atoms with Gasteiger partial charge in [0, 0.05) is 10.7 Å². The van der Waals surface area contributed by atoms with E-state index in [1.807, 2.05) is 72.8 Å². The van der Waals surface area contributed by atoms with Gasteiger partial charge in [0.05, 0.1) is 10.7 Å². The fourth-order valence-electron chi connectivity index (χ4n) is 3.54. The predicted octanol–water partition coefficient (Wildman–Crippen LogP) is 11.5. The van der Waals surface area contributed by atoms with Crippen molar-refractivity contribution in [1.29, 1.82) is 0 Å². The molecule has 218 valence electrons. The standard InChI is InChI=1S/C20H16I2O2.C8H8Br2.C6H5IO/c21-17-9-3-5-11-19(17)23-13-15-7-1-2-8-16(15)14-24-20-12-6-4-10-18(20)22;9-5-7-3-1-2-4-8(7)6-10;7-5-3-1-2-4-6(5)8/h1-12H,13-14H2;1-4H,5-6H2;1-4,8H. The molecule has 0 spiro atoms. The highest BCUT2D eigenvalue weighted by molar-refractivity contribution is 14.1. The fraction of sp³-hybridized carbons (Fsp3) is 0.118. The molecular formula is C34H29Br2I3O3. The minimum atomic E-state index is 0.355. The van der Waals surface area contributed by atoms with Crippen LogP contribution in [0.1, 0.15) is 22.3 Å². The van der Waals surface area contributed by atoms with Gasteiger partial charge >= 0.3 is 0 Å². The van der Waals surface area contributed by atoms with Gasteiger partial charge in [0.15, 0.2) is 0 Å². The molecule has 8 heteroatoms. The third kappa shape index (κ3) is 12.0. The van der Waals surface area contributed by atoms with Crippen LogP contribution in [0.4, 0.5) is 0 Å². The zero-order valence-electron chi connectivity index (χ0n) is 22.5. The maximum Gasteiger partial charge on any atom is 0.133 e. The molecule has 0 aliphatic rings. The highest BCUT2D eigenvalue weighted by Gasteiger charge is 2.07. The highest BCUT2D eigenvalue weighted by Crippen LogP contribution is 2.24. The molecule has 0 aliphatic heterocycles. The first kappa shape index (κ1) is 35.1. The van der Waals surface area contributed by atoms with Crippen molar-refractivity contribution in [2.24, 2.45) is 0 Å². The van der Waals surface area contributed by atoms with E-state index in [4.69, 9.17) is 14.6 Å². The lowest BCUT2D eigenvalue weighted by molar-refractivity contribution is 0.283. The summed E-state index contributed by atoms with van der Waals surface area (Å²) >= 11 is 13.5. The van der Waals surface area contributed by atoms with Gasteiger partial charge in [-0.2, -0.15) is 0 Å². The van der Waals surface area contributed by atoms with Crippen molar-refractivity contribution in [3.05, 3.63) is 154 Å². The molecule has 0 fully saturated rings. The summed E-state index contributed by atoms with van der Waals surface area (Å²) in [6.45, 7) is 1.07. The van der Waals surface area contributed by atoms with Gasteiger partial charge in [-0.1, -0.05) is 117 Å². The van der Waals surface area contributed by atoms with E-state index in [2.05, 4.69) is 136 Å². The maximum atomic E-state index is 8.91. The number of ether oxygens (including phenoxy) is 2. The molecule has 3 nitrogen and oxygen atoms in total. The maximum absolute atomic E-state index is 8.91. The zero-order valence-corrected chi connectivity index (χ0v) is 32.2. The Morgan fingerprint density at radius 1 is 0.452 bits per heavy atom. The van der Waals surface area contributed by atoms with Crippen LogP contribution in [0.25, 0.3) is 0 Å². The third-order valence-electron chi connectivity index (χ3n) is 5.82. The lowest BCUT2D eigenvalue weighted by Crippen LogP contribution is -2.04. The normalized spacial score (nSPS) is 10.0. The molecular weight excluding hydrogens is 997 g/mol. The Morgan fingerprint density at radius 3 is 1.12 bits per heavy atom. The number of alkyl halides is 2. The minimum absolute atomic E-state index is 0.355. The van der Waals surface area contributed by atoms with Crippen molar-refractivity contribution in [2.45, 2.75) is 23.9 Å². The smallest absolute Gasteiger partial charge is 0.133 e. The van der Waals surface area contributed by atoms with Gasteiger partial charge in [0.25, 0.3) is 0 Å². The summed E-state index contributed by atoms with van der Waals surface area (Å²) in [6.07, 6.45) is 0. The molecule has 0 atom stereocenters. The summed E-state index contributed by atoms with van der Waals surface area (Å²) < 4.78 is 15.1. The minimum Gasteiger partial charge on any atom is -0.507 e. The van der Waals surface area contributed by atoms with Gasteiger partial charge in [0.2, 0.25) is 0 Å². The van der Waals surface area contributed by atoms with E-state index >= 15 is 0 Å². The number of phenolic OH excluding ortho intramolecular Hbond substituents is 1. The largest absolute Gasteiger partial charge is 0.507 e. The number of para-hydroxylation sites is 3. The van der Waals surface area contributed by atoms with Crippen LogP contribution in [0.3, 0.4) is 0 Å². The summed E-state index contributed by atoms with van der Waals surface area (Å²) in [5, 5.41) is 10.8. The Bertz CT molecular complexity index is 1420. The van der Waals surface area contributed by atoms with Crippen LogP contribution in [0.2, 0.25) is 0 Å². The fourth-order valence-corrected chi connectivity index (χ4v) is 6.11. The second-order valence-electron chi connectivity index (χ2n) is 8.69. The van der Waals surface area contributed by atoms with E-state index in [0.29, 0.717) is 19.0 Å². The molecule has 0 saturated carbocycles. The molecule has 1 N–H and O–H groups in total. The van der Waals surface area contributed by atoms with Gasteiger partial charge in [-0.25, -0.2) is 0 Å². The number of benzene rings is 5. The molecule has 42 heavy (non-hydrogen) atoms. The van der Waals surface area contributed by atoms with Crippen molar-refractivity contribution >= 4 is 99.6 Å². The first-order valence-corrected chi connectivity index (χ1v) is 18.3. The third-order valence-corrected chi connectivity index (χ3v) is 9.72. The molecule has 0 heterocycles. The van der Waals surface area contributed by atoms with Crippen LogP contribution in [0.15, 0.2) is 121 Å². The summed E-state index contributed by atoms with van der Waals surface area (Å²) in [5.41, 5.74) is 5.00. The summed E-state index contributed by atoms with van der Waals surface area (Å²) in [7, 11) is 0. The molecule has 5 rings (SSSR count). The van der Waals surface area contributed by atoms with Crippen LogP contribution in [0.5, 0.6) is 17.2 Å². The second-order valence-corrected chi connectivity index (χ2v) is 13.3. The van der Waals surface area contributed by atoms with Crippen LogP contribution in [-0.4, -0.2) is 5.11 Å². The number of rotatable bonds is 8. The van der Waals surface area contributed by atoms with Crippen LogP contribution in [-0.2, 0) is 23.9 Å². The van der Waals surface area contributed by atoms with Gasteiger partial charge in [0.1, 0.15) is 30.5 Å². The molecule has 5 aromatic carbocycles. The summed E-state index contributed by atoms with van der Waals surface area (Å²) in [5.74, 6) is 2.17. The SMILES string of the molecule is BrCc1ccccc1CBr.Ic1ccccc1OCc1ccccc1COc1ccccc1I.Oc1ccccc1I. The number of aromatic hydroxyl groups is 1. The van der Waals surface area contributed by atoms with Crippen LogP contribution < -0.4 is 9.47 Å². The van der Waals surface area contributed by atoms with Gasteiger partial charge in [-0.3, -0.25) is 0 Å². The van der Waals surface area contributed by atoms with Gasteiger partial charge in [-0.15, -0.1) is 0 Å². The van der Waals surface area contributed by atoms with Crippen LogP contribution in [0, 0.1) is 10.7 Å². The Hall–Kier alpha value is -1.35. The molecule has 0 amide bonds. The summed E-state index contributed by atoms with van der Waals surface area (Å²) in [6, 6.07) is 39.9. The van der Waals surface area contributed by atoms with Crippen LogP contribution >= 0.6 is 99.6 Å². The quantitative estimate of drug-likeness (QED) is 0.124. The highest BCUT2D eigenvalue weighted by atomic mass is 127. The number of phenols is 1. The van der Waals surface area contributed by atoms with Gasteiger partial charge in [-0.05, 0) is 126 Å². The molecule has 0 aliphatic carbocycles. The Labute approximate surface area is 306 Å².